The van der Waals surface area contributed by atoms with Crippen molar-refractivity contribution in [3.8, 4) is 0 Å². The molecule has 0 aliphatic carbocycles. The van der Waals surface area contributed by atoms with Gasteiger partial charge in [0.15, 0.2) is 0 Å². The molecule has 0 saturated carbocycles. The van der Waals surface area contributed by atoms with Crippen molar-refractivity contribution < 1.29 is 26.2 Å². The SMILES string of the molecule is CC(=N/C=C(\C)c1ccc2c(c1)N(/C(N)=C/C=C(/C)[NH2+]O)C(=O)C2(C)C)[NH2+]O. The summed E-state index contributed by atoms with van der Waals surface area (Å²) in [5.41, 5.74) is 11.4. The number of quaternary nitrogens is 2. The number of hydroxylamine groups is 2. The van der Waals surface area contributed by atoms with Gasteiger partial charge in [-0.1, -0.05) is 12.1 Å². The van der Waals surface area contributed by atoms with Crippen LogP contribution in [0.25, 0.3) is 5.57 Å². The van der Waals surface area contributed by atoms with E-state index in [0.717, 1.165) is 33.3 Å². The maximum Gasteiger partial charge on any atom is 0.242 e. The number of hydrogen-bond donors (Lipinski definition) is 5. The lowest BCUT2D eigenvalue weighted by atomic mass is 9.85. The van der Waals surface area contributed by atoms with E-state index in [1.54, 1.807) is 32.2 Å². The van der Waals surface area contributed by atoms with Gasteiger partial charge in [-0.2, -0.15) is 11.0 Å². The lowest BCUT2D eigenvalue weighted by molar-refractivity contribution is -0.850. The summed E-state index contributed by atoms with van der Waals surface area (Å²) in [7, 11) is 0. The van der Waals surface area contributed by atoms with Gasteiger partial charge in [0.25, 0.3) is 0 Å². The van der Waals surface area contributed by atoms with Crippen molar-refractivity contribution in [3.05, 3.63) is 59.2 Å². The molecule has 1 amide bonds. The Balaban J connectivity index is 2.53. The molecular weight excluding hydrogens is 358 g/mol. The second-order valence-electron chi connectivity index (χ2n) is 7.34. The van der Waals surface area contributed by atoms with Gasteiger partial charge in [0, 0.05) is 26.1 Å². The molecule has 0 saturated heterocycles. The Labute approximate surface area is 164 Å². The van der Waals surface area contributed by atoms with Crippen LogP contribution in [0.3, 0.4) is 0 Å². The zero-order chi connectivity index (χ0) is 21.1. The number of allylic oxidation sites excluding steroid dienone is 4. The molecular formula is C20H29N5O3+2. The van der Waals surface area contributed by atoms with E-state index in [9.17, 15) is 4.79 Å². The number of benzene rings is 1. The van der Waals surface area contributed by atoms with Crippen LogP contribution in [-0.2, 0) is 10.2 Å². The van der Waals surface area contributed by atoms with Crippen molar-refractivity contribution in [1.82, 2.24) is 0 Å². The quantitative estimate of drug-likeness (QED) is 0.220. The molecule has 0 fully saturated rings. The van der Waals surface area contributed by atoms with Crippen molar-refractivity contribution in [2.45, 2.75) is 40.0 Å². The summed E-state index contributed by atoms with van der Waals surface area (Å²) in [6.07, 6.45) is 4.91. The molecule has 1 aliphatic heterocycles. The van der Waals surface area contributed by atoms with Crippen LogP contribution >= 0.6 is 0 Å². The number of amides is 1. The predicted octanol–water partition coefficient (Wildman–Crippen LogP) is 0.699. The lowest BCUT2D eigenvalue weighted by Gasteiger charge is -2.20. The highest BCUT2D eigenvalue weighted by Crippen LogP contribution is 2.43. The van der Waals surface area contributed by atoms with E-state index >= 15 is 0 Å². The molecule has 150 valence electrons. The number of rotatable bonds is 5. The molecule has 28 heavy (non-hydrogen) atoms. The Morgan fingerprint density at radius 2 is 1.86 bits per heavy atom. The van der Waals surface area contributed by atoms with Crippen molar-refractivity contribution in [3.63, 3.8) is 0 Å². The van der Waals surface area contributed by atoms with E-state index in [1.807, 2.05) is 39.0 Å². The first-order chi connectivity index (χ1) is 13.1. The van der Waals surface area contributed by atoms with E-state index in [1.165, 1.54) is 4.90 Å². The summed E-state index contributed by atoms with van der Waals surface area (Å²) in [5.74, 6) is 0.659. The Morgan fingerprint density at radius 1 is 1.18 bits per heavy atom. The first-order valence-corrected chi connectivity index (χ1v) is 8.93. The van der Waals surface area contributed by atoms with Gasteiger partial charge in [-0.05, 0) is 49.6 Å². The minimum absolute atomic E-state index is 0.113. The second kappa shape index (κ2) is 8.49. The molecule has 8 heteroatoms. The molecule has 1 aromatic rings. The summed E-state index contributed by atoms with van der Waals surface area (Å²) in [5, 5.41) is 18.0. The fourth-order valence-corrected chi connectivity index (χ4v) is 2.89. The average Bonchev–Trinajstić information content (AvgIpc) is 2.88. The van der Waals surface area contributed by atoms with Gasteiger partial charge in [-0.15, -0.1) is 0 Å². The number of fused-ring (bicyclic) bond motifs is 1. The van der Waals surface area contributed by atoms with E-state index in [0.29, 0.717) is 11.5 Å². The Morgan fingerprint density at radius 3 is 2.46 bits per heavy atom. The third kappa shape index (κ3) is 4.20. The van der Waals surface area contributed by atoms with Crippen LogP contribution in [0.5, 0.6) is 0 Å². The van der Waals surface area contributed by atoms with E-state index in [4.69, 9.17) is 16.1 Å². The molecule has 1 aromatic carbocycles. The Kier molecular flexibility index (Phi) is 6.52. The van der Waals surface area contributed by atoms with E-state index in [2.05, 4.69) is 4.99 Å². The summed E-state index contributed by atoms with van der Waals surface area (Å²) >= 11 is 0. The summed E-state index contributed by atoms with van der Waals surface area (Å²) in [6, 6.07) is 5.79. The number of nitrogens with two attached hydrogens (primary N) is 3. The van der Waals surface area contributed by atoms with E-state index in [-0.39, 0.29) is 11.7 Å². The normalized spacial score (nSPS) is 18.0. The molecule has 0 bridgehead atoms. The summed E-state index contributed by atoms with van der Waals surface area (Å²) in [6.45, 7) is 9.07. The highest BCUT2D eigenvalue weighted by molar-refractivity contribution is 6.10. The largest absolute Gasteiger partial charge is 0.385 e. The van der Waals surface area contributed by atoms with Crippen LogP contribution in [0, 0.1) is 0 Å². The lowest BCUT2D eigenvalue weighted by Crippen LogP contribution is -2.83. The van der Waals surface area contributed by atoms with Crippen LogP contribution in [0.15, 0.2) is 53.1 Å². The molecule has 0 spiro atoms. The van der Waals surface area contributed by atoms with Crippen molar-refractivity contribution in [2.75, 3.05) is 4.90 Å². The number of hydrogen-bond acceptors (Lipinski definition) is 5. The maximum absolute atomic E-state index is 13.0. The monoisotopic (exact) mass is 387 g/mol. The molecule has 0 aromatic heterocycles. The molecule has 1 heterocycles. The zero-order valence-corrected chi connectivity index (χ0v) is 16.9. The predicted molar refractivity (Wildman–Crippen MR) is 107 cm³/mol. The topological polar surface area (TPSA) is 132 Å². The second-order valence-corrected chi connectivity index (χ2v) is 7.34. The summed E-state index contributed by atoms with van der Waals surface area (Å²) in [4.78, 5) is 18.7. The zero-order valence-electron chi connectivity index (χ0n) is 16.9. The van der Waals surface area contributed by atoms with E-state index < -0.39 is 5.41 Å². The standard InChI is InChI=1S/C20H27N5O3/c1-12(11-22-14(3)24-28)15-7-8-16-17(10-15)25(19(26)20(16,4)5)18(21)9-6-13(2)23-27/h6-11,23,27-28H,21H2,1-5H3,(H,22,24)/p+2/b12-11+,13-6-,18-9+. The number of aliphatic imine (C=N–C) groups is 1. The van der Waals surface area contributed by atoms with Gasteiger partial charge < -0.3 is 5.73 Å². The molecule has 8 nitrogen and oxygen atoms in total. The molecule has 8 N–H and O–H groups in total. The van der Waals surface area contributed by atoms with Crippen LogP contribution in [-0.4, -0.2) is 22.2 Å². The van der Waals surface area contributed by atoms with Gasteiger partial charge in [0.2, 0.25) is 11.7 Å². The maximum atomic E-state index is 13.0. The Hall–Kier alpha value is -2.78. The van der Waals surface area contributed by atoms with Crippen molar-refractivity contribution in [1.29, 1.82) is 0 Å². The van der Waals surface area contributed by atoms with Crippen LogP contribution < -0.4 is 21.6 Å². The highest BCUT2D eigenvalue weighted by atomic mass is 16.5. The molecule has 1 aliphatic rings. The fourth-order valence-electron chi connectivity index (χ4n) is 2.89. The fraction of sp³-hybridized carbons (Fsp3) is 0.300. The molecule has 0 atom stereocenters. The number of nitrogens with zero attached hydrogens (tertiary/aromatic N) is 2. The van der Waals surface area contributed by atoms with Gasteiger partial charge in [0.1, 0.15) is 11.5 Å². The van der Waals surface area contributed by atoms with Crippen molar-refractivity contribution in [2.24, 2.45) is 10.7 Å². The van der Waals surface area contributed by atoms with Gasteiger partial charge in [0.05, 0.1) is 11.1 Å². The third-order valence-corrected chi connectivity index (χ3v) is 4.73. The Bertz CT molecular complexity index is 897. The van der Waals surface area contributed by atoms with Gasteiger partial charge in [-0.3, -0.25) is 9.69 Å². The number of anilines is 1. The average molecular weight is 387 g/mol. The minimum Gasteiger partial charge on any atom is -0.385 e. The number of carbonyl (C=O) groups is 1. The van der Waals surface area contributed by atoms with Gasteiger partial charge in [-0.25, -0.2) is 15.4 Å². The third-order valence-electron chi connectivity index (χ3n) is 4.73. The number of carbonyl (C=O) groups excluding carboxylic acids is 1. The van der Waals surface area contributed by atoms with Crippen LogP contribution in [0.1, 0.15) is 45.7 Å². The number of amidine groups is 1. The van der Waals surface area contributed by atoms with Crippen LogP contribution in [0.2, 0.25) is 0 Å². The minimum atomic E-state index is -0.702. The van der Waals surface area contributed by atoms with Gasteiger partial charge >= 0.3 is 0 Å². The molecule has 0 unspecified atom stereocenters. The summed E-state index contributed by atoms with van der Waals surface area (Å²) < 4.78 is 0. The first-order valence-electron chi connectivity index (χ1n) is 8.93. The first kappa shape index (κ1) is 21.5. The van der Waals surface area contributed by atoms with Crippen LogP contribution in [0.4, 0.5) is 5.69 Å². The smallest absolute Gasteiger partial charge is 0.242 e. The van der Waals surface area contributed by atoms with Crippen molar-refractivity contribution >= 4 is 23.0 Å². The molecule has 2 rings (SSSR count). The molecule has 0 radical (unpaired) electrons. The highest BCUT2D eigenvalue weighted by Gasteiger charge is 2.44.